The van der Waals surface area contributed by atoms with E-state index in [9.17, 15) is 19.5 Å². The fourth-order valence-corrected chi connectivity index (χ4v) is 2.59. The van der Waals surface area contributed by atoms with Crippen LogP contribution in [0.4, 0.5) is 0 Å². The first kappa shape index (κ1) is 18.5. The van der Waals surface area contributed by atoms with Crippen molar-refractivity contribution >= 4 is 28.7 Å². The van der Waals surface area contributed by atoms with Crippen LogP contribution in [0.15, 0.2) is 30.5 Å². The lowest BCUT2D eigenvalue weighted by atomic mass is 10.0. The number of carbonyl (C=O) groups is 3. The minimum absolute atomic E-state index is 0.0654. The molecule has 0 fully saturated rings. The van der Waals surface area contributed by atoms with Gasteiger partial charge >= 0.3 is 11.9 Å². The van der Waals surface area contributed by atoms with E-state index in [2.05, 4.69) is 16.0 Å². The van der Waals surface area contributed by atoms with E-state index >= 15 is 0 Å². The molecule has 8 heteroatoms. The molecule has 7 N–H and O–H groups in total. The highest BCUT2D eigenvalue weighted by Crippen LogP contribution is 2.19. The summed E-state index contributed by atoms with van der Waals surface area (Å²) >= 11 is 0. The second-order valence-electron chi connectivity index (χ2n) is 5.93. The van der Waals surface area contributed by atoms with Crippen molar-refractivity contribution in [2.75, 3.05) is 0 Å². The molecule has 1 aromatic heterocycles. The Morgan fingerprint density at radius 1 is 1.12 bits per heavy atom. The number of nitrogens with one attached hydrogen (secondary N) is 2. The molecule has 0 aliphatic rings. The summed E-state index contributed by atoms with van der Waals surface area (Å²) in [6, 6.07) is 5.81. The molecule has 0 aliphatic carbocycles. The van der Waals surface area contributed by atoms with Crippen LogP contribution in [0, 0.1) is 0 Å². The number of aryl methyl sites for hydroxylation is 1. The third kappa shape index (κ3) is 5.05. The van der Waals surface area contributed by atoms with Gasteiger partial charge in [-0.25, -0.2) is 9.59 Å². The molecule has 2 aromatic rings. The van der Waals surface area contributed by atoms with Gasteiger partial charge in [-0.2, -0.15) is 0 Å². The first-order valence-electron chi connectivity index (χ1n) is 8.01. The number of carbonyl (C=O) groups excluding carboxylic acids is 1. The number of H-pyrrole nitrogens is 1. The Labute approximate surface area is 144 Å². The predicted molar refractivity (Wildman–Crippen MR) is 89.7 cm³/mol. The van der Waals surface area contributed by atoms with Crippen LogP contribution in [0.1, 0.15) is 24.8 Å². The molecule has 0 aliphatic heterocycles. The molecule has 0 spiro atoms. The quantitative estimate of drug-likeness (QED) is 0.437. The van der Waals surface area contributed by atoms with E-state index in [4.69, 9.17) is 5.11 Å². The molecule has 1 heterocycles. The number of benzene rings is 1. The number of hydrogen-bond donors (Lipinski definition) is 5. The van der Waals surface area contributed by atoms with E-state index in [1.54, 1.807) is 0 Å². The molecule has 0 saturated carbocycles. The molecule has 1 aromatic carbocycles. The van der Waals surface area contributed by atoms with Gasteiger partial charge in [0.05, 0.1) is 0 Å². The van der Waals surface area contributed by atoms with E-state index < -0.39 is 29.9 Å². The van der Waals surface area contributed by atoms with Crippen LogP contribution in [0.3, 0.4) is 0 Å². The van der Waals surface area contributed by atoms with Crippen molar-refractivity contribution in [3.05, 3.63) is 36.0 Å². The Morgan fingerprint density at radius 2 is 1.84 bits per heavy atom. The number of aromatic amines is 1. The lowest BCUT2D eigenvalue weighted by molar-refractivity contribution is -0.408. The lowest BCUT2D eigenvalue weighted by Gasteiger charge is -2.14. The van der Waals surface area contributed by atoms with Gasteiger partial charge in [-0.3, -0.25) is 4.79 Å². The molecule has 2 atom stereocenters. The van der Waals surface area contributed by atoms with E-state index in [0.717, 1.165) is 16.5 Å². The average molecular weight is 348 g/mol. The molecular formula is C17H22N3O5+. The van der Waals surface area contributed by atoms with E-state index in [0.29, 0.717) is 6.42 Å². The Bertz CT molecular complexity index is 770. The van der Waals surface area contributed by atoms with Crippen molar-refractivity contribution in [3.63, 3.8) is 0 Å². The number of carboxylic acids is 2. The van der Waals surface area contributed by atoms with Crippen molar-refractivity contribution in [2.24, 2.45) is 0 Å². The largest absolute Gasteiger partial charge is 0.480 e. The van der Waals surface area contributed by atoms with E-state index in [1.165, 1.54) is 0 Å². The fraction of sp³-hybridized carbons (Fsp3) is 0.353. The number of quaternary nitrogens is 1. The van der Waals surface area contributed by atoms with Gasteiger partial charge < -0.3 is 26.2 Å². The maximum atomic E-state index is 11.9. The Morgan fingerprint density at radius 3 is 2.52 bits per heavy atom. The van der Waals surface area contributed by atoms with Crippen molar-refractivity contribution < 1.29 is 30.3 Å². The number of fused-ring (bicyclic) bond motifs is 1. The normalized spacial score (nSPS) is 13.3. The third-order valence-electron chi connectivity index (χ3n) is 4.08. The highest BCUT2D eigenvalue weighted by molar-refractivity contribution is 5.85. The number of aliphatic carboxylic acids is 2. The standard InChI is InChI=1S/C17H21N3O5/c18-12(16(22)23)6-8-15(21)20-14(17(24)25)7-5-10-9-19-13-4-2-1-3-11(10)13/h1-4,9,12,14,19H,5-8,18H2,(H,20,21)(H,22,23)(H,24,25)/p+1. The van der Waals surface area contributed by atoms with Crippen LogP contribution in [0.25, 0.3) is 10.9 Å². The summed E-state index contributed by atoms with van der Waals surface area (Å²) < 4.78 is 0. The van der Waals surface area contributed by atoms with Gasteiger partial charge in [-0.15, -0.1) is 0 Å². The summed E-state index contributed by atoms with van der Waals surface area (Å²) in [5.74, 6) is -2.68. The van der Waals surface area contributed by atoms with Crippen LogP contribution in [0.5, 0.6) is 0 Å². The van der Waals surface area contributed by atoms with Gasteiger partial charge in [0.1, 0.15) is 6.04 Å². The van der Waals surface area contributed by atoms with Gasteiger partial charge in [0.2, 0.25) is 5.91 Å². The minimum atomic E-state index is -1.11. The highest BCUT2D eigenvalue weighted by Gasteiger charge is 2.22. The highest BCUT2D eigenvalue weighted by atomic mass is 16.4. The summed E-state index contributed by atoms with van der Waals surface area (Å²) in [6.45, 7) is 0. The van der Waals surface area contributed by atoms with Crippen LogP contribution < -0.4 is 11.1 Å². The molecule has 134 valence electrons. The Kier molecular flexibility index (Phi) is 6.13. The molecule has 8 nitrogen and oxygen atoms in total. The smallest absolute Gasteiger partial charge is 0.362 e. The number of amides is 1. The number of para-hydroxylation sites is 1. The van der Waals surface area contributed by atoms with Crippen LogP contribution in [0.2, 0.25) is 0 Å². The summed E-state index contributed by atoms with van der Waals surface area (Å²) in [6.07, 6.45) is 2.57. The predicted octanol–water partition coefficient (Wildman–Crippen LogP) is 0.145. The number of rotatable bonds is 9. The molecule has 0 saturated heterocycles. The second kappa shape index (κ2) is 8.29. The van der Waals surface area contributed by atoms with Gasteiger partial charge in [0.15, 0.2) is 6.04 Å². The van der Waals surface area contributed by atoms with Crippen LogP contribution in [-0.4, -0.2) is 45.1 Å². The number of hydrogen-bond acceptors (Lipinski definition) is 3. The summed E-state index contributed by atoms with van der Waals surface area (Å²) in [5.41, 5.74) is 5.38. The second-order valence-corrected chi connectivity index (χ2v) is 5.93. The molecule has 2 unspecified atom stereocenters. The van der Waals surface area contributed by atoms with Gasteiger partial charge in [-0.05, 0) is 24.5 Å². The molecule has 2 rings (SSSR count). The molecule has 1 amide bonds. The average Bonchev–Trinajstić information content (AvgIpc) is 2.99. The monoisotopic (exact) mass is 348 g/mol. The summed E-state index contributed by atoms with van der Waals surface area (Å²) in [7, 11) is 0. The fourth-order valence-electron chi connectivity index (χ4n) is 2.59. The van der Waals surface area contributed by atoms with Crippen LogP contribution >= 0.6 is 0 Å². The Balaban J connectivity index is 1.91. The molecule has 0 bridgehead atoms. The SMILES string of the molecule is [NH3+]C(CCC(=O)NC(CCc1c[nH]c2ccccc12)C(=O)O)C(=O)O. The first-order chi connectivity index (χ1) is 11.9. The first-order valence-corrected chi connectivity index (χ1v) is 8.01. The van der Waals surface area contributed by atoms with E-state index in [1.807, 2.05) is 30.5 Å². The van der Waals surface area contributed by atoms with Crippen molar-refractivity contribution in [3.8, 4) is 0 Å². The Hall–Kier alpha value is -2.87. The van der Waals surface area contributed by atoms with Crippen molar-refractivity contribution in [1.82, 2.24) is 10.3 Å². The summed E-state index contributed by atoms with van der Waals surface area (Å²) in [5, 5.41) is 21.5. The summed E-state index contributed by atoms with van der Waals surface area (Å²) in [4.78, 5) is 37.1. The lowest BCUT2D eigenvalue weighted by Crippen LogP contribution is -2.65. The zero-order chi connectivity index (χ0) is 18.4. The number of aromatic nitrogens is 1. The maximum absolute atomic E-state index is 11.9. The van der Waals surface area contributed by atoms with Gasteiger partial charge in [-0.1, -0.05) is 18.2 Å². The zero-order valence-electron chi connectivity index (χ0n) is 13.7. The molecule has 0 radical (unpaired) electrons. The van der Waals surface area contributed by atoms with Crippen molar-refractivity contribution in [1.29, 1.82) is 0 Å². The minimum Gasteiger partial charge on any atom is -0.480 e. The third-order valence-corrected chi connectivity index (χ3v) is 4.08. The molecular weight excluding hydrogens is 326 g/mol. The van der Waals surface area contributed by atoms with Crippen LogP contribution in [-0.2, 0) is 20.8 Å². The topological polar surface area (TPSA) is 147 Å². The maximum Gasteiger partial charge on any atom is 0.362 e. The van der Waals surface area contributed by atoms with Gasteiger partial charge in [0.25, 0.3) is 0 Å². The molecule has 25 heavy (non-hydrogen) atoms. The van der Waals surface area contributed by atoms with Gasteiger partial charge in [0, 0.05) is 29.9 Å². The number of carboxylic acid groups (broad SMARTS) is 2. The van der Waals surface area contributed by atoms with E-state index in [-0.39, 0.29) is 19.3 Å². The van der Waals surface area contributed by atoms with Crippen molar-refractivity contribution in [2.45, 2.75) is 37.8 Å². The zero-order valence-corrected chi connectivity index (χ0v) is 13.7.